The maximum Gasteiger partial charge on any atom is 0.250 e. The number of hydrogen-bond acceptors (Lipinski definition) is 4. The zero-order chi connectivity index (χ0) is 14.0. The molecule has 5 heteroatoms. The number of amides is 1. The molecule has 2 rings (SSSR count). The van der Waals surface area contributed by atoms with Crippen LogP contribution in [0.15, 0.2) is 24.4 Å². The Bertz CT molecular complexity index is 639. The SMILES string of the molecule is COc1cnc(C)cc1-c1nc(C)ccc1C(N)=O. The summed E-state index contributed by atoms with van der Waals surface area (Å²) in [6, 6.07) is 5.26. The number of carbonyl (C=O) groups is 1. The highest BCUT2D eigenvalue weighted by Crippen LogP contribution is 2.30. The van der Waals surface area contributed by atoms with Crippen LogP contribution >= 0.6 is 0 Å². The topological polar surface area (TPSA) is 78.1 Å². The van der Waals surface area contributed by atoms with Crippen molar-refractivity contribution in [2.45, 2.75) is 13.8 Å². The van der Waals surface area contributed by atoms with Crippen molar-refractivity contribution >= 4 is 5.91 Å². The number of aromatic nitrogens is 2. The fourth-order valence-electron chi connectivity index (χ4n) is 1.86. The average molecular weight is 257 g/mol. The molecule has 0 aliphatic carbocycles. The summed E-state index contributed by atoms with van der Waals surface area (Å²) in [5.74, 6) is 0.0465. The highest BCUT2D eigenvalue weighted by atomic mass is 16.5. The Morgan fingerprint density at radius 1 is 1.26 bits per heavy atom. The summed E-state index contributed by atoms with van der Waals surface area (Å²) < 4.78 is 5.27. The number of aryl methyl sites for hydroxylation is 2. The molecule has 98 valence electrons. The van der Waals surface area contributed by atoms with Crippen LogP contribution in [0, 0.1) is 13.8 Å². The van der Waals surface area contributed by atoms with Gasteiger partial charge in [0.2, 0.25) is 0 Å². The van der Waals surface area contributed by atoms with Crippen molar-refractivity contribution in [1.29, 1.82) is 0 Å². The van der Waals surface area contributed by atoms with Crippen LogP contribution in [0.4, 0.5) is 0 Å². The van der Waals surface area contributed by atoms with Crippen LogP contribution in [0.25, 0.3) is 11.3 Å². The molecule has 5 nitrogen and oxygen atoms in total. The zero-order valence-electron chi connectivity index (χ0n) is 11.1. The Morgan fingerprint density at radius 3 is 2.63 bits per heavy atom. The summed E-state index contributed by atoms with van der Waals surface area (Å²) in [6.45, 7) is 3.72. The van der Waals surface area contributed by atoms with Crippen LogP contribution in [0.2, 0.25) is 0 Å². The third-order valence-electron chi connectivity index (χ3n) is 2.78. The lowest BCUT2D eigenvalue weighted by molar-refractivity contribution is 0.100. The number of ether oxygens (including phenoxy) is 1. The maximum absolute atomic E-state index is 11.5. The number of pyridine rings is 2. The lowest BCUT2D eigenvalue weighted by atomic mass is 10.0. The maximum atomic E-state index is 11.5. The largest absolute Gasteiger partial charge is 0.494 e. The van der Waals surface area contributed by atoms with Gasteiger partial charge in [0.15, 0.2) is 0 Å². The molecule has 0 aromatic carbocycles. The molecular weight excluding hydrogens is 242 g/mol. The Kier molecular flexibility index (Phi) is 3.46. The van der Waals surface area contributed by atoms with Gasteiger partial charge in [0.25, 0.3) is 5.91 Å². The molecule has 2 heterocycles. The van der Waals surface area contributed by atoms with Crippen molar-refractivity contribution < 1.29 is 9.53 Å². The van der Waals surface area contributed by atoms with Gasteiger partial charge >= 0.3 is 0 Å². The van der Waals surface area contributed by atoms with E-state index in [0.29, 0.717) is 22.6 Å². The van der Waals surface area contributed by atoms with Crippen LogP contribution < -0.4 is 10.5 Å². The number of carbonyl (C=O) groups excluding carboxylic acids is 1. The van der Waals surface area contributed by atoms with Gasteiger partial charge in [-0.1, -0.05) is 0 Å². The molecule has 2 aromatic heterocycles. The number of nitrogens with zero attached hydrogens (tertiary/aromatic N) is 2. The molecule has 19 heavy (non-hydrogen) atoms. The van der Waals surface area contributed by atoms with Crippen molar-refractivity contribution in [3.8, 4) is 17.0 Å². The third-order valence-corrected chi connectivity index (χ3v) is 2.78. The minimum absolute atomic E-state index is 0.370. The smallest absolute Gasteiger partial charge is 0.250 e. The van der Waals surface area contributed by atoms with Crippen molar-refractivity contribution in [3.05, 3.63) is 41.3 Å². The Morgan fingerprint density at radius 2 is 2.00 bits per heavy atom. The van der Waals surface area contributed by atoms with Gasteiger partial charge in [0.1, 0.15) is 5.75 Å². The van der Waals surface area contributed by atoms with Gasteiger partial charge in [0, 0.05) is 17.0 Å². The second-order valence-corrected chi connectivity index (χ2v) is 4.24. The summed E-state index contributed by atoms with van der Waals surface area (Å²) >= 11 is 0. The molecule has 0 spiro atoms. The van der Waals surface area contributed by atoms with Crippen molar-refractivity contribution in [2.24, 2.45) is 5.73 Å². The minimum Gasteiger partial charge on any atom is -0.494 e. The summed E-state index contributed by atoms with van der Waals surface area (Å²) in [5.41, 5.74) is 8.62. The molecule has 0 radical (unpaired) electrons. The number of nitrogens with two attached hydrogens (primary N) is 1. The number of methoxy groups -OCH3 is 1. The monoisotopic (exact) mass is 257 g/mol. The van der Waals surface area contributed by atoms with E-state index in [1.54, 1.807) is 25.4 Å². The normalized spacial score (nSPS) is 10.3. The quantitative estimate of drug-likeness (QED) is 0.910. The van der Waals surface area contributed by atoms with E-state index in [2.05, 4.69) is 9.97 Å². The fourth-order valence-corrected chi connectivity index (χ4v) is 1.86. The third kappa shape index (κ3) is 2.54. The van der Waals surface area contributed by atoms with Gasteiger partial charge < -0.3 is 10.5 Å². The standard InChI is InChI=1S/C14H15N3O2/c1-8-4-5-10(14(15)18)13(17-8)11-6-9(2)16-7-12(11)19-3/h4-7H,1-3H3,(H2,15,18). The first-order chi connectivity index (χ1) is 9.02. The minimum atomic E-state index is -0.515. The predicted molar refractivity (Wildman–Crippen MR) is 72.0 cm³/mol. The first-order valence-corrected chi connectivity index (χ1v) is 5.81. The van der Waals surface area contributed by atoms with Gasteiger partial charge in [-0.3, -0.25) is 14.8 Å². The van der Waals surface area contributed by atoms with E-state index < -0.39 is 5.91 Å². The van der Waals surface area contributed by atoms with Gasteiger partial charge in [0.05, 0.1) is 24.6 Å². The fraction of sp³-hybridized carbons (Fsp3) is 0.214. The van der Waals surface area contributed by atoms with Crippen LogP contribution in [-0.4, -0.2) is 23.0 Å². The number of hydrogen-bond donors (Lipinski definition) is 1. The van der Waals surface area contributed by atoms with Crippen LogP contribution in [-0.2, 0) is 0 Å². The van der Waals surface area contributed by atoms with Crippen molar-refractivity contribution in [3.63, 3.8) is 0 Å². The van der Waals surface area contributed by atoms with E-state index in [1.165, 1.54) is 0 Å². The molecule has 0 aliphatic heterocycles. The van der Waals surface area contributed by atoms with Gasteiger partial charge in [-0.05, 0) is 32.0 Å². The van der Waals surface area contributed by atoms with Crippen molar-refractivity contribution in [1.82, 2.24) is 9.97 Å². The lowest BCUT2D eigenvalue weighted by Gasteiger charge is -2.11. The summed E-state index contributed by atoms with van der Waals surface area (Å²) in [6.07, 6.45) is 1.61. The van der Waals surface area contributed by atoms with E-state index in [1.807, 2.05) is 19.9 Å². The molecule has 0 unspecified atom stereocenters. The molecule has 0 saturated carbocycles. The molecule has 2 N–H and O–H groups in total. The van der Waals surface area contributed by atoms with E-state index in [9.17, 15) is 4.79 Å². The van der Waals surface area contributed by atoms with Gasteiger partial charge in [-0.25, -0.2) is 0 Å². The molecule has 0 atom stereocenters. The first-order valence-electron chi connectivity index (χ1n) is 5.81. The highest BCUT2D eigenvalue weighted by molar-refractivity contribution is 5.99. The van der Waals surface area contributed by atoms with E-state index in [4.69, 9.17) is 10.5 Å². The molecule has 2 aromatic rings. The Balaban J connectivity index is 2.73. The molecule has 1 amide bonds. The summed E-state index contributed by atoms with van der Waals surface area (Å²) in [4.78, 5) is 20.1. The van der Waals surface area contributed by atoms with Gasteiger partial charge in [-0.15, -0.1) is 0 Å². The van der Waals surface area contributed by atoms with Crippen LogP contribution in [0.1, 0.15) is 21.7 Å². The zero-order valence-corrected chi connectivity index (χ0v) is 11.1. The molecule has 0 aliphatic rings. The lowest BCUT2D eigenvalue weighted by Crippen LogP contribution is -2.13. The molecule has 0 saturated heterocycles. The van der Waals surface area contributed by atoms with Crippen LogP contribution in [0.5, 0.6) is 5.75 Å². The van der Waals surface area contributed by atoms with Crippen molar-refractivity contribution in [2.75, 3.05) is 7.11 Å². The second-order valence-electron chi connectivity index (χ2n) is 4.24. The summed E-state index contributed by atoms with van der Waals surface area (Å²) in [5, 5.41) is 0. The Labute approximate surface area is 111 Å². The number of rotatable bonds is 3. The molecular formula is C14H15N3O2. The summed E-state index contributed by atoms with van der Waals surface area (Å²) in [7, 11) is 1.55. The molecule has 0 bridgehead atoms. The number of primary amides is 1. The predicted octanol–water partition coefficient (Wildman–Crippen LogP) is 1.87. The highest BCUT2D eigenvalue weighted by Gasteiger charge is 2.16. The average Bonchev–Trinajstić information content (AvgIpc) is 2.38. The van der Waals surface area contributed by atoms with E-state index in [0.717, 1.165) is 11.4 Å². The second kappa shape index (κ2) is 5.06. The first kappa shape index (κ1) is 13.0. The van der Waals surface area contributed by atoms with Gasteiger partial charge in [-0.2, -0.15) is 0 Å². The van der Waals surface area contributed by atoms with Crippen LogP contribution in [0.3, 0.4) is 0 Å². The Hall–Kier alpha value is -2.43. The van der Waals surface area contributed by atoms with E-state index in [-0.39, 0.29) is 0 Å². The van der Waals surface area contributed by atoms with E-state index >= 15 is 0 Å². The molecule has 0 fully saturated rings.